The van der Waals surface area contributed by atoms with Gasteiger partial charge in [0.15, 0.2) is 23.1 Å². The van der Waals surface area contributed by atoms with E-state index in [1.807, 2.05) is 0 Å². The lowest BCUT2D eigenvalue weighted by molar-refractivity contribution is -0.190. The van der Waals surface area contributed by atoms with Gasteiger partial charge in [0.2, 0.25) is 5.88 Å². The molecule has 0 spiro atoms. The Morgan fingerprint density at radius 1 is 1.17 bits per heavy atom. The Morgan fingerprint density at radius 2 is 1.90 bits per heavy atom. The van der Waals surface area contributed by atoms with Gasteiger partial charge < -0.3 is 19.3 Å². The van der Waals surface area contributed by atoms with Crippen molar-refractivity contribution in [3.63, 3.8) is 0 Å². The van der Waals surface area contributed by atoms with Crippen LogP contribution in [-0.2, 0) is 4.79 Å². The number of fused-ring (bicyclic) bond motifs is 1. The molecule has 0 bridgehead atoms. The van der Waals surface area contributed by atoms with Crippen LogP contribution in [0.1, 0.15) is 0 Å². The summed E-state index contributed by atoms with van der Waals surface area (Å²) in [5.74, 6) is -4.90. The molecule has 0 fully saturated rings. The van der Waals surface area contributed by atoms with E-state index < -0.39 is 35.6 Å². The number of methoxy groups -OCH3 is 1. The molecule has 12 heteroatoms. The quantitative estimate of drug-likeness (QED) is 0.482. The van der Waals surface area contributed by atoms with E-state index in [-0.39, 0.29) is 27.4 Å². The lowest BCUT2D eigenvalue weighted by Crippen LogP contribution is -2.28. The minimum absolute atomic E-state index is 0.0329. The fourth-order valence-corrected chi connectivity index (χ4v) is 2.36. The van der Waals surface area contributed by atoms with E-state index in [9.17, 15) is 27.5 Å². The minimum Gasteiger partial charge on any atom is -0.504 e. The van der Waals surface area contributed by atoms with Gasteiger partial charge in [-0.15, -0.1) is 0 Å². The number of aromatic hydroxyl groups is 1. The van der Waals surface area contributed by atoms with Crippen molar-refractivity contribution in [1.82, 2.24) is 9.97 Å². The molecule has 0 amide bonds. The summed E-state index contributed by atoms with van der Waals surface area (Å²) < 4.78 is 66.0. The van der Waals surface area contributed by atoms with Gasteiger partial charge in [-0.05, 0) is 18.2 Å². The van der Waals surface area contributed by atoms with Gasteiger partial charge in [-0.3, -0.25) is 0 Å². The average Bonchev–Trinajstić information content (AvgIpc) is 2.64. The molecule has 0 atom stereocenters. The number of ether oxygens (including phenoxy) is 3. The van der Waals surface area contributed by atoms with Gasteiger partial charge in [-0.25, -0.2) is 9.18 Å². The number of alkyl halides is 3. The van der Waals surface area contributed by atoms with Gasteiger partial charge in [0, 0.05) is 6.07 Å². The summed E-state index contributed by atoms with van der Waals surface area (Å²) in [6.07, 6.45) is -5.30. The van der Waals surface area contributed by atoms with Crippen molar-refractivity contribution >= 4 is 28.5 Å². The number of nitrogens with zero attached hydrogens (tertiary/aromatic N) is 2. The number of hydrogen-bond acceptors (Lipinski definition) is 7. The molecule has 152 valence electrons. The predicted octanol–water partition coefficient (Wildman–Crippen LogP) is 4.40. The van der Waals surface area contributed by atoms with Crippen LogP contribution in [0.2, 0.25) is 5.02 Å². The highest BCUT2D eigenvalue weighted by molar-refractivity contribution is 6.30. The standard InChI is InChI=1S/C17H9ClF4N2O5/c1-27-12-6-9-7(5-10(12)25)14(28-11-4-2-3-8(18)13(11)19)24-16(23-9)29-15(26)17(20,21)22/h2-6,25H,1H3. The second kappa shape index (κ2) is 7.59. The average molecular weight is 433 g/mol. The molecule has 0 aliphatic rings. The highest BCUT2D eigenvalue weighted by Gasteiger charge is 2.42. The van der Waals surface area contributed by atoms with Crippen molar-refractivity contribution in [3.05, 3.63) is 41.2 Å². The topological polar surface area (TPSA) is 90.8 Å². The molecular weight excluding hydrogens is 424 g/mol. The highest BCUT2D eigenvalue weighted by atomic mass is 35.5. The summed E-state index contributed by atoms with van der Waals surface area (Å²) in [4.78, 5) is 18.4. The number of carbonyl (C=O) groups is 1. The largest absolute Gasteiger partial charge is 0.504 e. The summed E-state index contributed by atoms with van der Waals surface area (Å²) in [5, 5.41) is 9.64. The van der Waals surface area contributed by atoms with E-state index >= 15 is 0 Å². The fourth-order valence-electron chi connectivity index (χ4n) is 2.19. The summed E-state index contributed by atoms with van der Waals surface area (Å²) in [5.41, 5.74) is -0.114. The minimum atomic E-state index is -5.30. The van der Waals surface area contributed by atoms with Crippen LogP contribution in [0.25, 0.3) is 10.9 Å². The van der Waals surface area contributed by atoms with Gasteiger partial charge in [-0.1, -0.05) is 17.7 Å². The number of phenols is 1. The highest BCUT2D eigenvalue weighted by Crippen LogP contribution is 2.38. The number of halogens is 5. The van der Waals surface area contributed by atoms with Gasteiger partial charge in [0.25, 0.3) is 0 Å². The van der Waals surface area contributed by atoms with Crippen LogP contribution >= 0.6 is 11.6 Å². The van der Waals surface area contributed by atoms with E-state index in [2.05, 4.69) is 14.7 Å². The van der Waals surface area contributed by atoms with Gasteiger partial charge >= 0.3 is 18.2 Å². The Balaban J connectivity index is 2.15. The Hall–Kier alpha value is -3.34. The molecule has 0 saturated heterocycles. The Labute approximate surface area is 164 Å². The lowest BCUT2D eigenvalue weighted by atomic mass is 10.2. The number of rotatable bonds is 4. The van der Waals surface area contributed by atoms with Crippen LogP contribution in [0.3, 0.4) is 0 Å². The first kappa shape index (κ1) is 20.4. The number of benzene rings is 2. The van der Waals surface area contributed by atoms with Crippen molar-refractivity contribution in [2.24, 2.45) is 0 Å². The summed E-state index contributed by atoms with van der Waals surface area (Å²) in [6.45, 7) is 0. The Kier molecular flexibility index (Phi) is 5.33. The van der Waals surface area contributed by atoms with Crippen molar-refractivity contribution in [2.45, 2.75) is 6.18 Å². The smallest absolute Gasteiger partial charge is 0.491 e. The molecule has 3 aromatic rings. The maximum Gasteiger partial charge on any atom is 0.491 e. The Morgan fingerprint density at radius 3 is 2.55 bits per heavy atom. The molecule has 0 unspecified atom stereocenters. The number of phenolic OH excluding ortho intramolecular Hbond substituents is 1. The fraction of sp³-hybridized carbons (Fsp3) is 0.118. The van der Waals surface area contributed by atoms with E-state index in [1.165, 1.54) is 25.3 Å². The monoisotopic (exact) mass is 432 g/mol. The molecule has 1 N–H and O–H groups in total. The van der Waals surface area contributed by atoms with Gasteiger partial charge in [-0.2, -0.15) is 23.1 Å². The molecule has 0 radical (unpaired) electrons. The molecule has 0 aliphatic carbocycles. The predicted molar refractivity (Wildman–Crippen MR) is 90.9 cm³/mol. The molecule has 0 saturated carbocycles. The number of aromatic nitrogens is 2. The summed E-state index contributed by atoms with van der Waals surface area (Å²) >= 11 is 5.67. The number of hydrogen-bond donors (Lipinski definition) is 1. The lowest BCUT2D eigenvalue weighted by Gasteiger charge is -2.12. The molecular formula is C17H9ClF4N2O5. The van der Waals surface area contributed by atoms with Crippen LogP contribution in [0, 0.1) is 5.82 Å². The second-order valence-corrected chi connectivity index (χ2v) is 5.80. The third-order valence-corrected chi connectivity index (χ3v) is 3.77. The summed E-state index contributed by atoms with van der Waals surface area (Å²) in [7, 11) is 1.23. The van der Waals surface area contributed by atoms with E-state index in [0.717, 1.165) is 12.1 Å². The molecule has 1 heterocycles. The molecule has 7 nitrogen and oxygen atoms in total. The van der Waals surface area contributed by atoms with Crippen molar-refractivity contribution in [2.75, 3.05) is 7.11 Å². The van der Waals surface area contributed by atoms with Crippen molar-refractivity contribution < 1.29 is 41.7 Å². The van der Waals surface area contributed by atoms with Crippen LogP contribution in [-0.4, -0.2) is 34.3 Å². The first-order chi connectivity index (χ1) is 13.6. The zero-order valence-electron chi connectivity index (χ0n) is 14.3. The zero-order valence-corrected chi connectivity index (χ0v) is 15.0. The maximum atomic E-state index is 14.1. The summed E-state index contributed by atoms with van der Waals surface area (Å²) in [6, 6.07) is 4.99. The SMILES string of the molecule is COc1cc2nc(OC(=O)C(F)(F)F)nc(Oc3cccc(Cl)c3F)c2cc1O. The Bertz CT molecular complexity index is 1110. The molecule has 3 rings (SSSR count). The number of carbonyl (C=O) groups excluding carboxylic acids is 1. The van der Waals surface area contributed by atoms with Crippen LogP contribution < -0.4 is 14.2 Å². The molecule has 1 aromatic heterocycles. The van der Waals surface area contributed by atoms with Crippen molar-refractivity contribution in [3.8, 4) is 29.1 Å². The maximum absolute atomic E-state index is 14.1. The molecule has 2 aromatic carbocycles. The van der Waals surface area contributed by atoms with E-state index in [1.54, 1.807) is 0 Å². The van der Waals surface area contributed by atoms with Gasteiger partial charge in [0.05, 0.1) is 23.0 Å². The van der Waals surface area contributed by atoms with Crippen molar-refractivity contribution in [1.29, 1.82) is 0 Å². The van der Waals surface area contributed by atoms with Gasteiger partial charge in [0.1, 0.15) is 0 Å². The number of esters is 1. The first-order valence-corrected chi connectivity index (χ1v) is 7.97. The normalized spacial score (nSPS) is 11.4. The zero-order chi connectivity index (χ0) is 21.3. The van der Waals surface area contributed by atoms with Crippen LogP contribution in [0.15, 0.2) is 30.3 Å². The first-order valence-electron chi connectivity index (χ1n) is 7.59. The second-order valence-electron chi connectivity index (χ2n) is 5.39. The third-order valence-electron chi connectivity index (χ3n) is 3.48. The molecule has 0 aliphatic heterocycles. The third kappa shape index (κ3) is 4.24. The van der Waals surface area contributed by atoms with E-state index in [4.69, 9.17) is 21.1 Å². The molecule has 29 heavy (non-hydrogen) atoms. The van der Waals surface area contributed by atoms with Crippen LogP contribution in [0.4, 0.5) is 17.6 Å². The van der Waals surface area contributed by atoms with Crippen LogP contribution in [0.5, 0.6) is 29.1 Å². The van der Waals surface area contributed by atoms with E-state index in [0.29, 0.717) is 0 Å².